The van der Waals surface area contributed by atoms with Crippen molar-refractivity contribution in [2.45, 2.75) is 19.9 Å². The maximum atomic E-state index is 11.8. The molecule has 96 valence electrons. The van der Waals surface area contributed by atoms with Crippen LogP contribution in [0.2, 0.25) is 5.15 Å². The molecule has 18 heavy (non-hydrogen) atoms. The minimum atomic E-state index is -0.337. The number of H-pyrrole nitrogens is 1. The number of hydrogen-bond donors (Lipinski definition) is 3. The second-order valence-electron chi connectivity index (χ2n) is 3.90. The number of nitrogens with zero attached hydrogens (tertiary/aromatic N) is 2. The number of aromatic amines is 1. The third-order valence-electron chi connectivity index (χ3n) is 2.67. The fourth-order valence-electron chi connectivity index (χ4n) is 1.69. The van der Waals surface area contributed by atoms with Crippen molar-refractivity contribution in [3.63, 3.8) is 0 Å². The van der Waals surface area contributed by atoms with Crippen LogP contribution in [0.15, 0.2) is 16.9 Å². The van der Waals surface area contributed by atoms with Gasteiger partial charge in [0.1, 0.15) is 16.8 Å². The van der Waals surface area contributed by atoms with Gasteiger partial charge in [-0.25, -0.2) is 4.98 Å². The smallest absolute Gasteiger partial charge is 0.275 e. The van der Waals surface area contributed by atoms with Gasteiger partial charge >= 0.3 is 0 Å². The molecule has 0 aliphatic carbocycles. The van der Waals surface area contributed by atoms with E-state index in [2.05, 4.69) is 9.97 Å². The van der Waals surface area contributed by atoms with Crippen LogP contribution >= 0.6 is 11.6 Å². The predicted molar refractivity (Wildman–Crippen MR) is 71.6 cm³/mol. The van der Waals surface area contributed by atoms with E-state index in [1.807, 2.05) is 6.92 Å². The van der Waals surface area contributed by atoms with Crippen LogP contribution < -0.4 is 17.0 Å². The van der Waals surface area contributed by atoms with Crippen LogP contribution in [0.4, 0.5) is 11.5 Å². The van der Waals surface area contributed by atoms with Gasteiger partial charge in [0.25, 0.3) is 5.56 Å². The highest BCUT2D eigenvalue weighted by Crippen LogP contribution is 2.12. The van der Waals surface area contributed by atoms with E-state index < -0.39 is 0 Å². The molecule has 0 aliphatic heterocycles. The Morgan fingerprint density at radius 3 is 2.78 bits per heavy atom. The molecule has 0 amide bonds. The van der Waals surface area contributed by atoms with Crippen LogP contribution in [0.1, 0.15) is 18.4 Å². The second-order valence-corrected chi connectivity index (χ2v) is 4.29. The Labute approximate surface area is 109 Å². The molecule has 0 fully saturated rings. The third-order valence-corrected chi connectivity index (χ3v) is 3.00. The first-order chi connectivity index (χ1) is 8.52. The highest BCUT2D eigenvalue weighted by Gasteiger charge is 2.10. The highest BCUT2D eigenvalue weighted by atomic mass is 35.5. The fourth-order valence-corrected chi connectivity index (χ4v) is 1.89. The molecular weight excluding hydrogens is 254 g/mol. The maximum Gasteiger partial charge on any atom is 0.275 e. The summed E-state index contributed by atoms with van der Waals surface area (Å²) in [5, 5.41) is 0.308. The van der Waals surface area contributed by atoms with Crippen molar-refractivity contribution in [1.82, 2.24) is 14.5 Å². The summed E-state index contributed by atoms with van der Waals surface area (Å²) in [6.45, 7) is 2.18. The van der Waals surface area contributed by atoms with Crippen molar-refractivity contribution in [1.29, 1.82) is 0 Å². The summed E-state index contributed by atoms with van der Waals surface area (Å²) in [6.07, 6.45) is 0.748. The highest BCUT2D eigenvalue weighted by molar-refractivity contribution is 6.29. The molecule has 2 aromatic rings. The van der Waals surface area contributed by atoms with Crippen LogP contribution in [0.25, 0.3) is 0 Å². The SMILES string of the molecule is CCc1[nH]c(Cn2c(Cl)ccc(N)c2=O)nc1N. The van der Waals surface area contributed by atoms with Crippen molar-refractivity contribution in [2.24, 2.45) is 0 Å². The summed E-state index contributed by atoms with van der Waals surface area (Å²) in [6, 6.07) is 3.06. The zero-order valence-electron chi connectivity index (χ0n) is 9.90. The number of nitrogens with one attached hydrogen (secondary N) is 1. The second kappa shape index (κ2) is 4.73. The topological polar surface area (TPSA) is 103 Å². The lowest BCUT2D eigenvalue weighted by Gasteiger charge is -2.06. The Morgan fingerprint density at radius 2 is 2.17 bits per heavy atom. The Morgan fingerprint density at radius 1 is 1.44 bits per heavy atom. The number of rotatable bonds is 3. The standard InChI is InChI=1S/C11H14ClN5O/c1-2-7-10(14)16-9(15-7)5-17-8(12)4-3-6(13)11(17)18/h3-4H,2,5,13-14H2,1H3,(H,15,16). The lowest BCUT2D eigenvalue weighted by atomic mass is 10.3. The van der Waals surface area contributed by atoms with E-state index in [1.54, 1.807) is 6.07 Å². The Balaban J connectivity index is 2.39. The van der Waals surface area contributed by atoms with Gasteiger partial charge in [-0.3, -0.25) is 9.36 Å². The summed E-state index contributed by atoms with van der Waals surface area (Å²) in [5.41, 5.74) is 11.9. The monoisotopic (exact) mass is 267 g/mol. The molecule has 5 N–H and O–H groups in total. The average Bonchev–Trinajstić information content (AvgIpc) is 2.70. The third kappa shape index (κ3) is 2.19. The van der Waals surface area contributed by atoms with Gasteiger partial charge in [0.05, 0.1) is 17.9 Å². The van der Waals surface area contributed by atoms with E-state index in [9.17, 15) is 4.79 Å². The summed E-state index contributed by atoms with van der Waals surface area (Å²) in [5.74, 6) is 1.03. The van der Waals surface area contributed by atoms with Crippen LogP contribution in [-0.2, 0) is 13.0 Å². The van der Waals surface area contributed by atoms with E-state index in [4.69, 9.17) is 23.1 Å². The molecular formula is C11H14ClN5O. The van der Waals surface area contributed by atoms with Crippen LogP contribution in [0, 0.1) is 0 Å². The summed E-state index contributed by atoms with van der Waals surface area (Å²) < 4.78 is 1.34. The Hall–Kier alpha value is -1.95. The van der Waals surface area contributed by atoms with Crippen molar-refractivity contribution in [2.75, 3.05) is 11.5 Å². The number of pyridine rings is 1. The first kappa shape index (κ1) is 12.5. The molecule has 0 atom stereocenters. The predicted octanol–water partition coefficient (Wildman–Crippen LogP) is 1.000. The van der Waals surface area contributed by atoms with Gasteiger partial charge in [0, 0.05) is 0 Å². The number of anilines is 2. The van der Waals surface area contributed by atoms with Crippen molar-refractivity contribution < 1.29 is 0 Å². The van der Waals surface area contributed by atoms with Gasteiger partial charge in [-0.2, -0.15) is 0 Å². The quantitative estimate of drug-likeness (QED) is 0.722. The molecule has 0 aromatic carbocycles. The lowest BCUT2D eigenvalue weighted by Crippen LogP contribution is -2.24. The number of aryl methyl sites for hydroxylation is 1. The molecule has 2 heterocycles. The van der Waals surface area contributed by atoms with Gasteiger partial charge < -0.3 is 16.5 Å². The number of aromatic nitrogens is 3. The molecule has 7 heteroatoms. The van der Waals surface area contributed by atoms with Crippen molar-refractivity contribution in [3.8, 4) is 0 Å². The van der Waals surface area contributed by atoms with Crippen molar-refractivity contribution >= 4 is 23.1 Å². The Kier molecular flexibility index (Phi) is 3.29. The molecule has 0 unspecified atom stereocenters. The lowest BCUT2D eigenvalue weighted by molar-refractivity contribution is 0.725. The van der Waals surface area contributed by atoms with Crippen LogP contribution in [-0.4, -0.2) is 14.5 Å². The van der Waals surface area contributed by atoms with Gasteiger partial charge in [-0.15, -0.1) is 0 Å². The van der Waals surface area contributed by atoms with E-state index in [0.717, 1.165) is 12.1 Å². The molecule has 6 nitrogen and oxygen atoms in total. The molecule has 2 rings (SSSR count). The van der Waals surface area contributed by atoms with Gasteiger partial charge in [-0.1, -0.05) is 18.5 Å². The zero-order valence-corrected chi connectivity index (χ0v) is 10.7. The minimum Gasteiger partial charge on any atom is -0.394 e. The molecule has 0 radical (unpaired) electrons. The maximum absolute atomic E-state index is 11.8. The first-order valence-corrected chi connectivity index (χ1v) is 5.88. The average molecular weight is 268 g/mol. The number of imidazole rings is 1. The van der Waals surface area contributed by atoms with Gasteiger partial charge in [-0.05, 0) is 18.6 Å². The van der Waals surface area contributed by atoms with E-state index in [0.29, 0.717) is 16.8 Å². The largest absolute Gasteiger partial charge is 0.394 e. The van der Waals surface area contributed by atoms with Crippen molar-refractivity contribution in [3.05, 3.63) is 39.2 Å². The van der Waals surface area contributed by atoms with Crippen LogP contribution in [0.3, 0.4) is 0 Å². The molecule has 0 bridgehead atoms. The number of nitrogens with two attached hydrogens (primary N) is 2. The fraction of sp³-hybridized carbons (Fsp3) is 0.273. The summed E-state index contributed by atoms with van der Waals surface area (Å²) in [7, 11) is 0. The molecule has 0 spiro atoms. The van der Waals surface area contributed by atoms with E-state index in [1.165, 1.54) is 10.6 Å². The van der Waals surface area contributed by atoms with Gasteiger partial charge in [0.15, 0.2) is 0 Å². The molecule has 0 saturated heterocycles. The first-order valence-electron chi connectivity index (χ1n) is 5.51. The molecule has 0 aliphatic rings. The van der Waals surface area contributed by atoms with Gasteiger partial charge in [0.2, 0.25) is 0 Å². The van der Waals surface area contributed by atoms with E-state index in [-0.39, 0.29) is 17.8 Å². The summed E-state index contributed by atoms with van der Waals surface area (Å²) in [4.78, 5) is 19.0. The minimum absolute atomic E-state index is 0.148. The normalized spacial score (nSPS) is 10.8. The zero-order chi connectivity index (χ0) is 13.3. The van der Waals surface area contributed by atoms with E-state index >= 15 is 0 Å². The summed E-state index contributed by atoms with van der Waals surface area (Å²) >= 11 is 5.97. The number of halogens is 1. The van der Waals surface area contributed by atoms with Crippen LogP contribution in [0.5, 0.6) is 0 Å². The Bertz CT molecular complexity index is 631. The number of nitrogen functional groups attached to an aromatic ring is 2. The molecule has 0 saturated carbocycles. The molecule has 2 aromatic heterocycles. The number of hydrogen-bond acceptors (Lipinski definition) is 4.